The number of rotatable bonds is 3. The highest BCUT2D eigenvalue weighted by Gasteiger charge is 2.63. The van der Waals surface area contributed by atoms with Crippen molar-refractivity contribution in [3.05, 3.63) is 95.6 Å². The largest absolute Gasteiger partial charge is 0.323 e. The average Bonchev–Trinajstić information content (AvgIpc) is 3.22. The van der Waals surface area contributed by atoms with E-state index in [0.29, 0.717) is 17.9 Å². The summed E-state index contributed by atoms with van der Waals surface area (Å²) in [5, 5.41) is 2.76. The van der Waals surface area contributed by atoms with Crippen LogP contribution in [0.3, 0.4) is 0 Å². The number of hydrogen-bond acceptors (Lipinski definition) is 3. The van der Waals surface area contributed by atoms with Crippen LogP contribution < -0.4 is 10.2 Å². The SMILES string of the molecule is CC1(C)CN(C(=O)Nc2cccc(F)c2)[C@@]2(S1)C(=O)N(Cc1ccc(F)cc1)c1ccccc12. The van der Waals surface area contributed by atoms with Gasteiger partial charge in [0.25, 0.3) is 5.91 Å². The van der Waals surface area contributed by atoms with Crippen LogP contribution in [0.2, 0.25) is 0 Å². The van der Waals surface area contributed by atoms with Gasteiger partial charge in [0, 0.05) is 22.5 Å². The van der Waals surface area contributed by atoms with Crippen molar-refractivity contribution in [1.29, 1.82) is 0 Å². The molecule has 0 unspecified atom stereocenters. The normalized spacial score (nSPS) is 20.6. The van der Waals surface area contributed by atoms with Crippen molar-refractivity contribution in [2.45, 2.75) is 30.0 Å². The van der Waals surface area contributed by atoms with Crippen LogP contribution in [-0.2, 0) is 16.2 Å². The Labute approximate surface area is 200 Å². The number of amides is 3. The summed E-state index contributed by atoms with van der Waals surface area (Å²) in [5.41, 5.74) is 2.54. The Morgan fingerprint density at radius 3 is 2.47 bits per heavy atom. The first-order chi connectivity index (χ1) is 16.2. The number of urea groups is 1. The summed E-state index contributed by atoms with van der Waals surface area (Å²) in [5.74, 6) is -1.04. The quantitative estimate of drug-likeness (QED) is 0.523. The number of para-hydroxylation sites is 1. The Kier molecular flexibility index (Phi) is 5.36. The fraction of sp³-hybridized carbons (Fsp3) is 0.231. The Bertz CT molecular complexity index is 1280. The molecule has 8 heteroatoms. The van der Waals surface area contributed by atoms with Gasteiger partial charge in [-0.3, -0.25) is 9.69 Å². The lowest BCUT2D eigenvalue weighted by Gasteiger charge is -2.33. The molecule has 0 aromatic heterocycles. The maximum Gasteiger partial charge on any atom is 0.323 e. The van der Waals surface area contributed by atoms with Gasteiger partial charge < -0.3 is 10.2 Å². The zero-order valence-corrected chi connectivity index (χ0v) is 19.5. The second-order valence-corrected chi connectivity index (χ2v) is 11.0. The minimum atomic E-state index is -1.27. The summed E-state index contributed by atoms with van der Waals surface area (Å²) in [6, 6.07) is 18.6. The van der Waals surface area contributed by atoms with E-state index in [1.165, 1.54) is 42.1 Å². The highest BCUT2D eigenvalue weighted by atomic mass is 32.2. The maximum atomic E-state index is 14.1. The molecule has 3 amide bonds. The molecule has 34 heavy (non-hydrogen) atoms. The first kappa shape index (κ1) is 22.4. The highest BCUT2D eigenvalue weighted by Crippen LogP contribution is 2.59. The lowest BCUT2D eigenvalue weighted by Crippen LogP contribution is -2.51. The average molecular weight is 480 g/mol. The molecule has 3 aromatic rings. The van der Waals surface area contributed by atoms with Crippen molar-refractivity contribution < 1.29 is 18.4 Å². The van der Waals surface area contributed by atoms with Crippen molar-refractivity contribution >= 4 is 35.1 Å². The lowest BCUT2D eigenvalue weighted by molar-refractivity contribution is -0.123. The minimum absolute atomic E-state index is 0.233. The number of hydrogen-bond donors (Lipinski definition) is 1. The Hall–Kier alpha value is -3.39. The second-order valence-electron chi connectivity index (χ2n) is 9.07. The van der Waals surface area contributed by atoms with E-state index in [0.717, 1.165) is 11.1 Å². The second kappa shape index (κ2) is 8.13. The molecule has 5 rings (SSSR count). The van der Waals surface area contributed by atoms with Crippen molar-refractivity contribution in [3.8, 4) is 0 Å². The van der Waals surface area contributed by atoms with Crippen LogP contribution in [0.5, 0.6) is 0 Å². The van der Waals surface area contributed by atoms with E-state index >= 15 is 0 Å². The molecule has 0 radical (unpaired) electrons. The van der Waals surface area contributed by atoms with Crippen LogP contribution in [0, 0.1) is 11.6 Å². The molecule has 1 spiro atoms. The van der Waals surface area contributed by atoms with Gasteiger partial charge in [-0.25, -0.2) is 13.6 Å². The van der Waals surface area contributed by atoms with Crippen LogP contribution >= 0.6 is 11.8 Å². The zero-order valence-electron chi connectivity index (χ0n) is 18.7. The van der Waals surface area contributed by atoms with Gasteiger partial charge in [-0.15, -0.1) is 11.8 Å². The van der Waals surface area contributed by atoms with E-state index in [-0.39, 0.29) is 18.3 Å². The number of nitrogens with zero attached hydrogens (tertiary/aromatic N) is 2. The number of anilines is 2. The predicted octanol–water partition coefficient (Wildman–Crippen LogP) is 5.72. The van der Waals surface area contributed by atoms with Gasteiger partial charge in [-0.2, -0.15) is 0 Å². The number of fused-ring (bicyclic) bond motifs is 2. The fourth-order valence-electron chi connectivity index (χ4n) is 4.64. The van der Waals surface area contributed by atoms with Crippen molar-refractivity contribution in [2.24, 2.45) is 0 Å². The first-order valence-electron chi connectivity index (χ1n) is 10.9. The van der Waals surface area contributed by atoms with Crippen molar-refractivity contribution in [1.82, 2.24) is 4.90 Å². The molecular formula is C26H23F2N3O2S. The molecule has 2 aliphatic heterocycles. The van der Waals surface area contributed by atoms with Crippen LogP contribution in [0.4, 0.5) is 25.0 Å². The summed E-state index contributed by atoms with van der Waals surface area (Å²) < 4.78 is 26.7. The molecule has 1 fully saturated rings. The van der Waals surface area contributed by atoms with Crippen molar-refractivity contribution in [3.63, 3.8) is 0 Å². The molecule has 2 aliphatic rings. The summed E-state index contributed by atoms with van der Waals surface area (Å²) >= 11 is 1.44. The molecular weight excluding hydrogens is 456 g/mol. The minimum Gasteiger partial charge on any atom is -0.308 e. The highest BCUT2D eigenvalue weighted by molar-refractivity contribution is 8.02. The van der Waals surface area contributed by atoms with E-state index in [9.17, 15) is 18.4 Å². The first-order valence-corrected chi connectivity index (χ1v) is 11.7. The third-order valence-corrected chi connectivity index (χ3v) is 7.60. The molecule has 1 saturated heterocycles. The standard InChI is InChI=1S/C26H23F2N3O2S/c1-25(2)16-31(24(33)29-20-7-5-6-19(28)14-20)26(34-25)21-8-3-4-9-22(21)30(23(26)32)15-17-10-12-18(27)13-11-17/h3-14H,15-16H2,1-2H3,(H,29,33)/t26-/m0/s1. The topological polar surface area (TPSA) is 52.7 Å². The Balaban J connectivity index is 1.55. The molecule has 0 aliphatic carbocycles. The van der Waals surface area contributed by atoms with E-state index in [1.807, 2.05) is 38.1 Å². The molecule has 2 heterocycles. The van der Waals surface area contributed by atoms with Gasteiger partial charge in [0.15, 0.2) is 4.87 Å². The molecule has 1 N–H and O–H groups in total. The van der Waals surface area contributed by atoms with Crippen molar-refractivity contribution in [2.75, 3.05) is 16.8 Å². The lowest BCUT2D eigenvalue weighted by atomic mass is 10.1. The van der Waals surface area contributed by atoms with E-state index in [2.05, 4.69) is 5.32 Å². The number of carbonyl (C=O) groups excluding carboxylic acids is 2. The van der Waals surface area contributed by atoms with E-state index < -0.39 is 21.5 Å². The maximum absolute atomic E-state index is 14.1. The molecule has 3 aromatic carbocycles. The van der Waals surface area contributed by atoms with Crippen LogP contribution in [0.1, 0.15) is 25.0 Å². The van der Waals surface area contributed by atoms with Gasteiger partial charge in [0.05, 0.1) is 12.2 Å². The molecule has 0 bridgehead atoms. The zero-order chi connectivity index (χ0) is 24.1. The van der Waals surface area contributed by atoms with Gasteiger partial charge in [0.2, 0.25) is 0 Å². The number of nitrogens with one attached hydrogen (secondary N) is 1. The Morgan fingerprint density at radius 1 is 1.00 bits per heavy atom. The van der Waals surface area contributed by atoms with Crippen LogP contribution in [0.15, 0.2) is 72.8 Å². The predicted molar refractivity (Wildman–Crippen MR) is 130 cm³/mol. The summed E-state index contributed by atoms with van der Waals surface area (Å²) in [7, 11) is 0. The number of carbonyl (C=O) groups is 2. The third kappa shape index (κ3) is 3.72. The van der Waals surface area contributed by atoms with E-state index in [4.69, 9.17) is 0 Å². The molecule has 174 valence electrons. The van der Waals surface area contributed by atoms with E-state index in [1.54, 1.807) is 28.0 Å². The Morgan fingerprint density at radius 2 is 1.74 bits per heavy atom. The summed E-state index contributed by atoms with van der Waals surface area (Å²) in [4.78, 5) is 29.6. The number of benzene rings is 3. The van der Waals surface area contributed by atoms with Gasteiger partial charge >= 0.3 is 6.03 Å². The van der Waals surface area contributed by atoms with Gasteiger partial charge in [0.1, 0.15) is 11.6 Å². The smallest absolute Gasteiger partial charge is 0.308 e. The molecule has 1 atom stereocenters. The third-order valence-electron chi connectivity index (χ3n) is 6.01. The van der Waals surface area contributed by atoms with Gasteiger partial charge in [-0.1, -0.05) is 36.4 Å². The van der Waals surface area contributed by atoms with Crippen LogP contribution in [-0.4, -0.2) is 28.1 Å². The summed E-state index contributed by atoms with van der Waals surface area (Å²) in [6.07, 6.45) is 0. The number of thioether (sulfide) groups is 1. The molecule has 5 nitrogen and oxygen atoms in total. The van der Waals surface area contributed by atoms with Crippen LogP contribution in [0.25, 0.3) is 0 Å². The number of halogens is 2. The fourth-order valence-corrected chi connectivity index (χ4v) is 6.37. The van der Waals surface area contributed by atoms with Gasteiger partial charge in [-0.05, 0) is 55.8 Å². The molecule has 0 saturated carbocycles. The monoisotopic (exact) mass is 479 g/mol. The summed E-state index contributed by atoms with van der Waals surface area (Å²) in [6.45, 7) is 4.56.